The van der Waals surface area contributed by atoms with Crippen LogP contribution in [0.1, 0.15) is 10.4 Å². The summed E-state index contributed by atoms with van der Waals surface area (Å²) in [4.78, 5) is 20.8. The molecule has 2 N–H and O–H groups in total. The van der Waals surface area contributed by atoms with Gasteiger partial charge in [-0.2, -0.15) is 5.10 Å². The third kappa shape index (κ3) is 4.28. The van der Waals surface area contributed by atoms with Crippen molar-refractivity contribution in [3.63, 3.8) is 0 Å². The van der Waals surface area contributed by atoms with Crippen LogP contribution in [0, 0.1) is 3.57 Å². The number of nitrogens with one attached hydrogen (secondary N) is 2. The second-order valence-corrected chi connectivity index (χ2v) is 6.64. The van der Waals surface area contributed by atoms with Crippen molar-refractivity contribution in [2.45, 2.75) is 6.54 Å². The molecule has 136 valence electrons. The first-order valence-electron chi connectivity index (χ1n) is 8.12. The number of hydrogen-bond donors (Lipinski definition) is 2. The number of ether oxygens (including phenoxy) is 1. The minimum atomic E-state index is -0.0944. The molecule has 0 unspecified atom stereocenters. The highest BCUT2D eigenvalue weighted by Crippen LogP contribution is 2.18. The van der Waals surface area contributed by atoms with Crippen molar-refractivity contribution >= 4 is 45.3 Å². The molecule has 0 spiro atoms. The van der Waals surface area contributed by atoms with Gasteiger partial charge in [-0.3, -0.25) is 4.79 Å². The third-order valence-corrected chi connectivity index (χ3v) is 4.70. The topological polar surface area (TPSA) is 94.0 Å². The number of methoxy groups -OCH3 is 1. The largest absolute Gasteiger partial charge is 0.383 e. The molecule has 2 heterocycles. The van der Waals surface area contributed by atoms with E-state index in [9.17, 15) is 4.79 Å². The van der Waals surface area contributed by atoms with Crippen molar-refractivity contribution < 1.29 is 9.53 Å². The molecule has 8 nitrogen and oxygen atoms in total. The molecule has 9 heteroatoms. The van der Waals surface area contributed by atoms with Crippen molar-refractivity contribution in [3.05, 3.63) is 45.9 Å². The van der Waals surface area contributed by atoms with Gasteiger partial charge in [0.05, 0.1) is 30.3 Å². The molecule has 26 heavy (non-hydrogen) atoms. The molecule has 0 saturated carbocycles. The minimum absolute atomic E-state index is 0.0944. The molecule has 0 fully saturated rings. The molecule has 0 saturated heterocycles. The first kappa shape index (κ1) is 18.5. The summed E-state index contributed by atoms with van der Waals surface area (Å²) in [5.74, 6) is 0.629. The number of anilines is 1. The lowest BCUT2D eigenvalue weighted by molar-refractivity contribution is 0.0951. The number of aromatic nitrogens is 4. The highest BCUT2D eigenvalue weighted by Gasteiger charge is 2.11. The smallest absolute Gasteiger partial charge is 0.252 e. The number of rotatable bonds is 8. The number of halogens is 1. The lowest BCUT2D eigenvalue weighted by atomic mass is 10.2. The summed E-state index contributed by atoms with van der Waals surface area (Å²) in [5.41, 5.74) is 1.40. The maximum Gasteiger partial charge on any atom is 0.252 e. The van der Waals surface area contributed by atoms with Crippen molar-refractivity contribution in [2.75, 3.05) is 32.1 Å². The maximum atomic E-state index is 12.3. The van der Waals surface area contributed by atoms with Crippen molar-refractivity contribution in [3.8, 4) is 0 Å². The molecule has 0 radical (unpaired) electrons. The Labute approximate surface area is 164 Å². The van der Waals surface area contributed by atoms with Crippen LogP contribution in [-0.4, -0.2) is 52.5 Å². The number of carbonyl (C=O) groups excluding carboxylic acids is 1. The van der Waals surface area contributed by atoms with E-state index in [1.165, 1.54) is 6.33 Å². The van der Waals surface area contributed by atoms with Crippen LogP contribution in [-0.2, 0) is 11.3 Å². The summed E-state index contributed by atoms with van der Waals surface area (Å²) in [6, 6.07) is 7.48. The van der Waals surface area contributed by atoms with Gasteiger partial charge >= 0.3 is 0 Å². The van der Waals surface area contributed by atoms with Gasteiger partial charge < -0.3 is 15.4 Å². The predicted octanol–water partition coefficient (Wildman–Crippen LogP) is 1.92. The van der Waals surface area contributed by atoms with Crippen LogP contribution < -0.4 is 10.6 Å². The number of fused-ring (bicyclic) bond motifs is 1. The predicted molar refractivity (Wildman–Crippen MR) is 107 cm³/mol. The Morgan fingerprint density at radius 2 is 2.12 bits per heavy atom. The Bertz CT molecular complexity index is 898. The van der Waals surface area contributed by atoms with E-state index in [1.807, 2.05) is 24.3 Å². The summed E-state index contributed by atoms with van der Waals surface area (Å²) in [6.45, 7) is 2.22. The second kappa shape index (κ2) is 8.90. The number of benzene rings is 1. The quantitative estimate of drug-likeness (QED) is 0.389. The van der Waals surface area contributed by atoms with E-state index in [2.05, 4.69) is 48.3 Å². The fourth-order valence-electron chi connectivity index (χ4n) is 2.48. The van der Waals surface area contributed by atoms with E-state index in [0.717, 1.165) is 20.4 Å². The van der Waals surface area contributed by atoms with Crippen LogP contribution in [0.25, 0.3) is 11.0 Å². The summed E-state index contributed by atoms with van der Waals surface area (Å²) in [5, 5.41) is 11.3. The molecule has 0 atom stereocenters. The minimum Gasteiger partial charge on any atom is -0.383 e. The molecule has 3 rings (SSSR count). The molecule has 0 aliphatic carbocycles. The van der Waals surface area contributed by atoms with Crippen molar-refractivity contribution in [1.82, 2.24) is 25.1 Å². The zero-order valence-corrected chi connectivity index (χ0v) is 16.4. The van der Waals surface area contributed by atoms with Crippen molar-refractivity contribution in [2.24, 2.45) is 0 Å². The molecule has 1 amide bonds. The molecule has 0 bridgehead atoms. The summed E-state index contributed by atoms with van der Waals surface area (Å²) in [6.07, 6.45) is 3.23. The summed E-state index contributed by atoms with van der Waals surface area (Å²) in [7, 11) is 1.65. The molecular weight excluding hydrogens is 447 g/mol. The van der Waals surface area contributed by atoms with Gasteiger partial charge in [0.2, 0.25) is 0 Å². The van der Waals surface area contributed by atoms with Crippen LogP contribution in [0.2, 0.25) is 0 Å². The van der Waals surface area contributed by atoms with E-state index in [1.54, 1.807) is 18.0 Å². The first-order valence-corrected chi connectivity index (χ1v) is 9.20. The Morgan fingerprint density at radius 3 is 2.92 bits per heavy atom. The molecule has 0 aliphatic rings. The van der Waals surface area contributed by atoms with Crippen LogP contribution in [0.3, 0.4) is 0 Å². The maximum absolute atomic E-state index is 12.3. The fourth-order valence-corrected chi connectivity index (χ4v) is 3.12. The SMILES string of the molecule is COCCNc1ncnc2c1cnn2CCNC(=O)c1ccccc1I. The Kier molecular flexibility index (Phi) is 6.34. The first-order chi connectivity index (χ1) is 12.7. The Balaban J connectivity index is 1.63. The van der Waals surface area contributed by atoms with Gasteiger partial charge in [0.15, 0.2) is 5.65 Å². The van der Waals surface area contributed by atoms with E-state index in [4.69, 9.17) is 4.74 Å². The third-order valence-electron chi connectivity index (χ3n) is 3.76. The summed E-state index contributed by atoms with van der Waals surface area (Å²) >= 11 is 2.16. The number of amides is 1. The molecule has 1 aromatic carbocycles. The number of carbonyl (C=O) groups is 1. The van der Waals surface area contributed by atoms with E-state index in [0.29, 0.717) is 31.8 Å². The normalized spacial score (nSPS) is 10.8. The van der Waals surface area contributed by atoms with E-state index in [-0.39, 0.29) is 5.91 Å². The lowest BCUT2D eigenvalue weighted by Crippen LogP contribution is -2.28. The van der Waals surface area contributed by atoms with Gasteiger partial charge in [0.1, 0.15) is 12.1 Å². The monoisotopic (exact) mass is 466 g/mol. The number of nitrogens with zero attached hydrogens (tertiary/aromatic N) is 4. The molecular formula is C17H19IN6O2. The molecule has 0 aliphatic heterocycles. The molecule has 2 aromatic heterocycles. The standard InChI is InChI=1S/C17H19IN6O2/c1-26-9-7-19-15-13-10-23-24(16(13)22-11-21-15)8-6-20-17(25)12-4-2-3-5-14(12)18/h2-5,10-11H,6-9H2,1H3,(H,20,25)(H,19,21,22). The Morgan fingerprint density at radius 1 is 1.27 bits per heavy atom. The van der Waals surface area contributed by atoms with Gasteiger partial charge in [-0.25, -0.2) is 14.6 Å². The van der Waals surface area contributed by atoms with E-state index < -0.39 is 0 Å². The van der Waals surface area contributed by atoms with Gasteiger partial charge in [0, 0.05) is 23.8 Å². The molecule has 3 aromatic rings. The average Bonchev–Trinajstić information content (AvgIpc) is 3.06. The highest BCUT2D eigenvalue weighted by atomic mass is 127. The zero-order chi connectivity index (χ0) is 18.4. The highest BCUT2D eigenvalue weighted by molar-refractivity contribution is 14.1. The lowest BCUT2D eigenvalue weighted by Gasteiger charge is -2.08. The Hall–Kier alpha value is -2.27. The van der Waals surface area contributed by atoms with E-state index >= 15 is 0 Å². The van der Waals surface area contributed by atoms with Crippen molar-refractivity contribution in [1.29, 1.82) is 0 Å². The fraction of sp³-hybridized carbons (Fsp3) is 0.294. The van der Waals surface area contributed by atoms with Crippen LogP contribution >= 0.6 is 22.6 Å². The summed E-state index contributed by atoms with van der Waals surface area (Å²) < 4.78 is 7.72. The number of hydrogen-bond acceptors (Lipinski definition) is 6. The van der Waals surface area contributed by atoms with Crippen LogP contribution in [0.5, 0.6) is 0 Å². The zero-order valence-electron chi connectivity index (χ0n) is 14.3. The average molecular weight is 466 g/mol. The van der Waals surface area contributed by atoms with Gasteiger partial charge in [0.25, 0.3) is 5.91 Å². The van der Waals surface area contributed by atoms with Crippen LogP contribution in [0.4, 0.5) is 5.82 Å². The second-order valence-electron chi connectivity index (χ2n) is 5.48. The van der Waals surface area contributed by atoms with Gasteiger partial charge in [-0.1, -0.05) is 12.1 Å². The van der Waals surface area contributed by atoms with Gasteiger partial charge in [-0.15, -0.1) is 0 Å². The van der Waals surface area contributed by atoms with Gasteiger partial charge in [-0.05, 0) is 34.7 Å². The van der Waals surface area contributed by atoms with Crippen LogP contribution in [0.15, 0.2) is 36.8 Å².